The van der Waals surface area contributed by atoms with Crippen LogP contribution in [0.2, 0.25) is 0 Å². The highest BCUT2D eigenvalue weighted by molar-refractivity contribution is 5.94. The monoisotopic (exact) mass is 435 g/mol. The molecule has 2 aromatic carbocycles. The van der Waals surface area contributed by atoms with Crippen molar-refractivity contribution in [1.29, 1.82) is 0 Å². The highest BCUT2D eigenvalue weighted by Gasteiger charge is 2.45. The molecule has 0 aliphatic carbocycles. The topological polar surface area (TPSA) is 93.1 Å². The Morgan fingerprint density at radius 2 is 2.00 bits per heavy atom. The first kappa shape index (κ1) is 21.1. The molecule has 0 spiro atoms. The maximum absolute atomic E-state index is 13.1. The first-order chi connectivity index (χ1) is 15.4. The fraction of sp³-hybridized carbons (Fsp3) is 0.440. The molecule has 2 saturated heterocycles. The van der Waals surface area contributed by atoms with E-state index < -0.39 is 11.6 Å². The highest BCUT2D eigenvalue weighted by atomic mass is 16.6. The summed E-state index contributed by atoms with van der Waals surface area (Å²) < 4.78 is 0. The van der Waals surface area contributed by atoms with E-state index in [1.807, 2.05) is 11.0 Å². The van der Waals surface area contributed by atoms with E-state index in [0.29, 0.717) is 29.2 Å². The molecule has 0 unspecified atom stereocenters. The number of amides is 2. The summed E-state index contributed by atoms with van der Waals surface area (Å²) in [5.74, 6) is -0.354. The number of benzene rings is 2. The van der Waals surface area contributed by atoms with Gasteiger partial charge in [0.2, 0.25) is 5.91 Å². The number of piperidine rings is 2. The van der Waals surface area contributed by atoms with Crippen LogP contribution in [0.3, 0.4) is 0 Å². The summed E-state index contributed by atoms with van der Waals surface area (Å²) in [6.07, 6.45) is 3.54. The van der Waals surface area contributed by atoms with Crippen LogP contribution in [0.1, 0.15) is 59.3 Å². The third-order valence-electron chi connectivity index (χ3n) is 7.33. The average molecular weight is 436 g/mol. The normalized spacial score (nSPS) is 26.4. The minimum atomic E-state index is -1.86. The van der Waals surface area contributed by atoms with Gasteiger partial charge < -0.3 is 15.3 Å². The Morgan fingerprint density at radius 1 is 1.22 bits per heavy atom. The molecule has 2 amide bonds. The minimum absolute atomic E-state index is 0.0138. The number of carbonyl (C=O) groups is 2. The van der Waals surface area contributed by atoms with E-state index in [-0.39, 0.29) is 23.9 Å². The number of aliphatic hydroxyl groups is 1. The third-order valence-corrected chi connectivity index (χ3v) is 7.33. The van der Waals surface area contributed by atoms with Crippen LogP contribution in [0.5, 0.6) is 0 Å². The van der Waals surface area contributed by atoms with Crippen molar-refractivity contribution < 1.29 is 19.9 Å². The molecule has 0 bridgehead atoms. The van der Waals surface area contributed by atoms with Crippen molar-refractivity contribution >= 4 is 11.8 Å². The molecule has 2 aromatic rings. The van der Waals surface area contributed by atoms with Gasteiger partial charge in [0.1, 0.15) is 0 Å². The van der Waals surface area contributed by atoms with E-state index in [1.54, 1.807) is 42.5 Å². The molecule has 4 atom stereocenters. The van der Waals surface area contributed by atoms with Crippen LogP contribution >= 0.6 is 0 Å². The first-order valence-electron chi connectivity index (χ1n) is 11.4. The summed E-state index contributed by atoms with van der Waals surface area (Å²) in [6, 6.07) is 14.2. The van der Waals surface area contributed by atoms with Crippen molar-refractivity contribution in [2.24, 2.45) is 5.92 Å². The summed E-state index contributed by atoms with van der Waals surface area (Å²) in [5.41, 5.74) is 0.965. The zero-order valence-electron chi connectivity index (χ0n) is 18.2. The SMILES string of the molecule is C[C@@](O)(c1ccccc1)N(O)C(=O)c1ccc2c(c1)CCN1C(=O)[C@@H]3CCCN[C@@H]3C[C@@H]21. The number of nitrogens with zero attached hydrogens (tertiary/aromatic N) is 2. The Morgan fingerprint density at radius 3 is 2.78 bits per heavy atom. The molecular weight excluding hydrogens is 406 g/mol. The van der Waals surface area contributed by atoms with Gasteiger partial charge in [-0.3, -0.25) is 14.8 Å². The quantitative estimate of drug-likeness (QED) is 0.392. The molecule has 7 nitrogen and oxygen atoms in total. The van der Waals surface area contributed by atoms with E-state index in [1.165, 1.54) is 6.92 Å². The lowest BCUT2D eigenvalue weighted by Crippen LogP contribution is -2.57. The third kappa shape index (κ3) is 3.41. The first-order valence-corrected chi connectivity index (χ1v) is 11.4. The van der Waals surface area contributed by atoms with Crippen LogP contribution in [-0.4, -0.2) is 51.2 Å². The van der Waals surface area contributed by atoms with Crippen LogP contribution in [0.25, 0.3) is 0 Å². The van der Waals surface area contributed by atoms with Crippen molar-refractivity contribution in [3.63, 3.8) is 0 Å². The van der Waals surface area contributed by atoms with Gasteiger partial charge in [-0.25, -0.2) is 0 Å². The number of carbonyl (C=O) groups excluding carboxylic acids is 2. The van der Waals surface area contributed by atoms with Gasteiger partial charge in [-0.1, -0.05) is 36.4 Å². The molecule has 0 saturated carbocycles. The largest absolute Gasteiger partial charge is 0.365 e. The van der Waals surface area contributed by atoms with E-state index in [2.05, 4.69) is 5.32 Å². The van der Waals surface area contributed by atoms with Crippen molar-refractivity contribution in [1.82, 2.24) is 15.3 Å². The average Bonchev–Trinajstić information content (AvgIpc) is 2.83. The summed E-state index contributed by atoms with van der Waals surface area (Å²) in [6.45, 7) is 2.98. The second-order valence-electron chi connectivity index (χ2n) is 9.26. The second kappa shape index (κ2) is 7.99. The second-order valence-corrected chi connectivity index (χ2v) is 9.26. The van der Waals surface area contributed by atoms with Gasteiger partial charge in [0, 0.05) is 23.7 Å². The van der Waals surface area contributed by atoms with Crippen molar-refractivity contribution in [2.75, 3.05) is 13.1 Å². The van der Waals surface area contributed by atoms with E-state index >= 15 is 0 Å². The Balaban J connectivity index is 1.40. The zero-order valence-corrected chi connectivity index (χ0v) is 18.2. The van der Waals surface area contributed by atoms with Crippen LogP contribution in [0, 0.1) is 5.92 Å². The zero-order chi connectivity index (χ0) is 22.5. The Bertz CT molecular complexity index is 1040. The van der Waals surface area contributed by atoms with Crippen molar-refractivity contribution in [3.05, 3.63) is 70.8 Å². The fourth-order valence-corrected chi connectivity index (χ4v) is 5.51. The number of hydrogen-bond acceptors (Lipinski definition) is 5. The van der Waals surface area contributed by atoms with Crippen LogP contribution in [0.4, 0.5) is 0 Å². The molecule has 168 valence electrons. The molecule has 3 aliphatic rings. The van der Waals surface area contributed by atoms with E-state index in [4.69, 9.17) is 0 Å². The molecular formula is C25H29N3O4. The van der Waals surface area contributed by atoms with Gasteiger partial charge in [0.15, 0.2) is 5.72 Å². The van der Waals surface area contributed by atoms with E-state index in [0.717, 1.165) is 36.9 Å². The summed E-state index contributed by atoms with van der Waals surface area (Å²) in [4.78, 5) is 28.1. The van der Waals surface area contributed by atoms with Crippen molar-refractivity contribution in [3.8, 4) is 0 Å². The minimum Gasteiger partial charge on any atom is -0.365 e. The highest BCUT2D eigenvalue weighted by Crippen LogP contribution is 2.41. The molecule has 7 heteroatoms. The van der Waals surface area contributed by atoms with Gasteiger partial charge in [-0.15, -0.1) is 0 Å². The summed E-state index contributed by atoms with van der Waals surface area (Å²) in [5, 5.41) is 25.3. The smallest absolute Gasteiger partial charge is 0.280 e. The molecule has 0 radical (unpaired) electrons. The predicted octanol–water partition coefficient (Wildman–Crippen LogP) is 2.58. The van der Waals surface area contributed by atoms with Crippen LogP contribution < -0.4 is 5.32 Å². The van der Waals surface area contributed by atoms with E-state index in [9.17, 15) is 19.9 Å². The molecule has 3 N–H and O–H groups in total. The Labute approximate surface area is 187 Å². The predicted molar refractivity (Wildman–Crippen MR) is 118 cm³/mol. The molecule has 2 fully saturated rings. The number of hydroxylamine groups is 2. The van der Waals surface area contributed by atoms with Gasteiger partial charge in [-0.05, 0) is 62.4 Å². The molecule has 3 heterocycles. The maximum atomic E-state index is 13.1. The molecule has 3 aliphatic heterocycles. The maximum Gasteiger partial charge on any atom is 0.280 e. The van der Waals surface area contributed by atoms with Gasteiger partial charge >= 0.3 is 0 Å². The van der Waals surface area contributed by atoms with Crippen LogP contribution in [0.15, 0.2) is 48.5 Å². The van der Waals surface area contributed by atoms with Gasteiger partial charge in [-0.2, -0.15) is 5.06 Å². The Hall–Kier alpha value is -2.74. The number of nitrogens with one attached hydrogen (secondary N) is 1. The van der Waals surface area contributed by atoms with Gasteiger partial charge in [0.05, 0.1) is 12.0 Å². The number of rotatable bonds is 3. The fourth-order valence-electron chi connectivity index (χ4n) is 5.51. The van der Waals surface area contributed by atoms with Crippen LogP contribution in [-0.2, 0) is 16.9 Å². The van der Waals surface area contributed by atoms with Gasteiger partial charge in [0.25, 0.3) is 5.91 Å². The van der Waals surface area contributed by atoms with Crippen molar-refractivity contribution in [2.45, 2.75) is 50.4 Å². The molecule has 0 aromatic heterocycles. The lowest BCUT2D eigenvalue weighted by atomic mass is 9.77. The lowest BCUT2D eigenvalue weighted by molar-refractivity contribution is -0.224. The summed E-state index contributed by atoms with van der Waals surface area (Å²) in [7, 11) is 0. The standard InChI is InChI=1S/C25H29N3O4/c1-25(31,18-6-3-2-4-7-18)28(32)23(29)17-9-10-19-16(14-17)11-13-27-22(19)15-21-20(24(27)30)8-5-12-26-21/h2-4,6-7,9-10,14,20-22,26,31-32H,5,8,11-13,15H2,1H3/t20-,21-,22+,25-/m1/s1. The lowest BCUT2D eigenvalue weighted by Gasteiger charge is -2.48. The molecule has 32 heavy (non-hydrogen) atoms. The molecule has 5 rings (SSSR count). The number of fused-ring (bicyclic) bond motifs is 4. The summed E-state index contributed by atoms with van der Waals surface area (Å²) >= 11 is 0. The number of hydrogen-bond donors (Lipinski definition) is 3. The Kier molecular flexibility index (Phi) is 5.28.